The first-order valence-corrected chi connectivity index (χ1v) is 10.9. The summed E-state index contributed by atoms with van der Waals surface area (Å²) in [6.07, 6.45) is 3.95. The lowest BCUT2D eigenvalue weighted by Crippen LogP contribution is -1.97. The maximum Gasteiger partial charge on any atom is 0.228 e. The third-order valence-corrected chi connectivity index (χ3v) is 6.05. The summed E-state index contributed by atoms with van der Waals surface area (Å²) in [5.41, 5.74) is 4.42. The number of ether oxygens (including phenoxy) is 1. The predicted octanol–water partition coefficient (Wildman–Crippen LogP) is 7.17. The molecule has 0 radical (unpaired) electrons. The molecule has 0 bridgehead atoms. The van der Waals surface area contributed by atoms with Crippen molar-refractivity contribution in [1.82, 2.24) is 9.55 Å². The third-order valence-electron chi connectivity index (χ3n) is 6.05. The van der Waals surface area contributed by atoms with E-state index in [1.165, 1.54) is 5.56 Å². The Labute approximate surface area is 191 Å². The summed E-state index contributed by atoms with van der Waals surface area (Å²) in [7, 11) is 1.68. The van der Waals surface area contributed by atoms with Gasteiger partial charge in [-0.3, -0.25) is 0 Å². The molecule has 33 heavy (non-hydrogen) atoms. The average molecular weight is 431 g/mol. The Bertz CT molecular complexity index is 1580. The van der Waals surface area contributed by atoms with Crippen molar-refractivity contribution in [2.75, 3.05) is 7.11 Å². The topological polar surface area (TPSA) is 40.2 Å². The Morgan fingerprint density at radius 1 is 0.848 bits per heavy atom. The van der Waals surface area contributed by atoms with Gasteiger partial charge in [-0.05, 0) is 40.6 Å². The fraction of sp³-hybridized carbons (Fsp3) is 0.0690. The summed E-state index contributed by atoms with van der Waals surface area (Å²) >= 11 is 0. The largest absolute Gasteiger partial charge is 0.497 e. The number of hydrogen-bond acceptors (Lipinski definition) is 3. The molecule has 0 unspecified atom stereocenters. The molecule has 0 saturated heterocycles. The molecule has 6 aromatic rings. The predicted molar refractivity (Wildman–Crippen MR) is 132 cm³/mol. The van der Waals surface area contributed by atoms with E-state index < -0.39 is 0 Å². The van der Waals surface area contributed by atoms with E-state index in [-0.39, 0.29) is 0 Å². The zero-order valence-corrected chi connectivity index (χ0v) is 18.2. The van der Waals surface area contributed by atoms with Gasteiger partial charge in [-0.2, -0.15) is 0 Å². The highest BCUT2D eigenvalue weighted by Crippen LogP contribution is 2.34. The molecule has 4 nitrogen and oxygen atoms in total. The molecule has 0 aliphatic rings. The van der Waals surface area contributed by atoms with Crippen molar-refractivity contribution >= 4 is 21.7 Å². The maximum absolute atomic E-state index is 6.27. The fourth-order valence-corrected chi connectivity index (χ4v) is 4.36. The smallest absolute Gasteiger partial charge is 0.228 e. The number of hydrogen-bond donors (Lipinski definition) is 0. The monoisotopic (exact) mass is 430 g/mol. The van der Waals surface area contributed by atoms with Crippen LogP contribution in [-0.2, 0) is 6.54 Å². The molecule has 160 valence electrons. The van der Waals surface area contributed by atoms with Crippen LogP contribution in [0.2, 0.25) is 0 Å². The minimum Gasteiger partial charge on any atom is -0.497 e. The SMILES string of the molecule is COc1ccc2cc(-c3cnc(-c4cn(Cc5ccccc5)c5ccccc45)o3)ccc2c1. The molecule has 0 spiro atoms. The molecule has 0 atom stereocenters. The summed E-state index contributed by atoms with van der Waals surface area (Å²) in [4.78, 5) is 4.64. The summed E-state index contributed by atoms with van der Waals surface area (Å²) in [6, 6.07) is 31.2. The van der Waals surface area contributed by atoms with Crippen LogP contribution in [0.25, 0.3) is 44.5 Å². The summed E-state index contributed by atoms with van der Waals surface area (Å²) < 4.78 is 13.9. The third kappa shape index (κ3) is 3.56. The van der Waals surface area contributed by atoms with E-state index in [4.69, 9.17) is 9.15 Å². The average Bonchev–Trinajstić information content (AvgIpc) is 3.50. The first-order chi connectivity index (χ1) is 16.3. The van der Waals surface area contributed by atoms with Crippen molar-refractivity contribution in [1.29, 1.82) is 0 Å². The Morgan fingerprint density at radius 3 is 2.52 bits per heavy atom. The lowest BCUT2D eigenvalue weighted by atomic mass is 10.1. The maximum atomic E-state index is 6.27. The van der Waals surface area contributed by atoms with Crippen molar-refractivity contribution in [2.45, 2.75) is 6.54 Å². The lowest BCUT2D eigenvalue weighted by Gasteiger charge is -2.05. The second kappa shape index (κ2) is 7.99. The van der Waals surface area contributed by atoms with Crippen LogP contribution < -0.4 is 4.74 Å². The second-order valence-electron chi connectivity index (χ2n) is 8.13. The number of aromatic nitrogens is 2. The van der Waals surface area contributed by atoms with Crippen LogP contribution in [-0.4, -0.2) is 16.7 Å². The van der Waals surface area contributed by atoms with Crippen LogP contribution in [0.5, 0.6) is 5.75 Å². The molecule has 0 fully saturated rings. The highest BCUT2D eigenvalue weighted by atomic mass is 16.5. The zero-order valence-electron chi connectivity index (χ0n) is 18.2. The quantitative estimate of drug-likeness (QED) is 0.291. The van der Waals surface area contributed by atoms with Gasteiger partial charge < -0.3 is 13.7 Å². The molecular weight excluding hydrogens is 408 g/mol. The van der Waals surface area contributed by atoms with Gasteiger partial charge in [-0.25, -0.2) is 4.98 Å². The van der Waals surface area contributed by atoms with Gasteiger partial charge in [0.2, 0.25) is 5.89 Å². The first-order valence-electron chi connectivity index (χ1n) is 10.9. The van der Waals surface area contributed by atoms with Gasteiger partial charge in [0.05, 0.1) is 18.9 Å². The van der Waals surface area contributed by atoms with Crippen LogP contribution in [0.15, 0.2) is 108 Å². The summed E-state index contributed by atoms with van der Waals surface area (Å²) in [5.74, 6) is 2.23. The van der Waals surface area contributed by atoms with Crippen LogP contribution in [0.1, 0.15) is 5.56 Å². The van der Waals surface area contributed by atoms with Crippen LogP contribution >= 0.6 is 0 Å². The molecule has 4 aromatic carbocycles. The Balaban J connectivity index is 1.39. The number of rotatable bonds is 5. The van der Waals surface area contributed by atoms with E-state index in [0.29, 0.717) is 5.89 Å². The van der Waals surface area contributed by atoms with E-state index in [2.05, 4.69) is 88.5 Å². The summed E-state index contributed by atoms with van der Waals surface area (Å²) in [6.45, 7) is 0.795. The van der Waals surface area contributed by atoms with E-state index in [0.717, 1.165) is 50.9 Å². The number of nitrogens with zero attached hydrogens (tertiary/aromatic N) is 2. The van der Waals surface area contributed by atoms with Crippen molar-refractivity contribution in [3.63, 3.8) is 0 Å². The highest BCUT2D eigenvalue weighted by Gasteiger charge is 2.16. The standard InChI is InChI=1S/C29H22N2O2/c1-32-24-14-13-21-15-23(12-11-22(21)16-24)28-17-30-29(33-28)26-19-31(18-20-7-3-2-4-8-20)27-10-6-5-9-25(26)27/h2-17,19H,18H2,1H3. The number of methoxy groups -OCH3 is 1. The van der Waals surface area contributed by atoms with Gasteiger partial charge in [0.25, 0.3) is 0 Å². The van der Waals surface area contributed by atoms with Gasteiger partial charge in [0.15, 0.2) is 5.76 Å². The molecule has 0 saturated carbocycles. The second-order valence-corrected chi connectivity index (χ2v) is 8.13. The van der Waals surface area contributed by atoms with Crippen LogP contribution in [0.4, 0.5) is 0 Å². The van der Waals surface area contributed by atoms with E-state index >= 15 is 0 Å². The normalized spacial score (nSPS) is 11.3. The van der Waals surface area contributed by atoms with E-state index in [9.17, 15) is 0 Å². The number of benzene rings is 4. The molecule has 0 aliphatic heterocycles. The number of fused-ring (bicyclic) bond motifs is 2. The number of para-hydroxylation sites is 1. The van der Waals surface area contributed by atoms with Gasteiger partial charge in [0.1, 0.15) is 5.75 Å². The van der Waals surface area contributed by atoms with Crippen molar-refractivity contribution < 1.29 is 9.15 Å². The van der Waals surface area contributed by atoms with Gasteiger partial charge in [-0.1, -0.05) is 66.7 Å². The summed E-state index contributed by atoms with van der Waals surface area (Å²) in [5, 5.41) is 3.39. The van der Waals surface area contributed by atoms with Crippen molar-refractivity contribution in [3.05, 3.63) is 109 Å². The Morgan fingerprint density at radius 2 is 1.64 bits per heavy atom. The Hall–Kier alpha value is -4.31. The van der Waals surface area contributed by atoms with E-state index in [1.807, 2.05) is 24.4 Å². The zero-order chi connectivity index (χ0) is 22.2. The molecule has 0 N–H and O–H groups in total. The first kappa shape index (κ1) is 19.4. The minimum atomic E-state index is 0.628. The molecule has 2 aromatic heterocycles. The van der Waals surface area contributed by atoms with Gasteiger partial charge >= 0.3 is 0 Å². The van der Waals surface area contributed by atoms with Gasteiger partial charge in [0, 0.05) is 29.2 Å². The molecule has 2 heterocycles. The lowest BCUT2D eigenvalue weighted by molar-refractivity contribution is 0.415. The number of oxazole rings is 1. The van der Waals surface area contributed by atoms with Crippen LogP contribution in [0, 0.1) is 0 Å². The van der Waals surface area contributed by atoms with E-state index in [1.54, 1.807) is 7.11 Å². The Kier molecular flexibility index (Phi) is 4.69. The molecule has 0 aliphatic carbocycles. The molecule has 6 rings (SSSR count). The highest BCUT2D eigenvalue weighted by molar-refractivity contribution is 5.94. The molecular formula is C29H22N2O2. The molecule has 4 heteroatoms. The van der Waals surface area contributed by atoms with Gasteiger partial charge in [-0.15, -0.1) is 0 Å². The van der Waals surface area contributed by atoms with Crippen molar-refractivity contribution in [2.24, 2.45) is 0 Å². The fourth-order valence-electron chi connectivity index (χ4n) is 4.36. The minimum absolute atomic E-state index is 0.628. The molecule has 0 amide bonds. The van der Waals surface area contributed by atoms with Crippen molar-refractivity contribution in [3.8, 4) is 28.5 Å². The van der Waals surface area contributed by atoms with Crippen LogP contribution in [0.3, 0.4) is 0 Å².